The molecule has 0 saturated carbocycles. The van der Waals surface area contributed by atoms with E-state index >= 15 is 0 Å². The van der Waals surface area contributed by atoms with Gasteiger partial charge >= 0.3 is 0 Å². The minimum atomic E-state index is 0.336. The van der Waals surface area contributed by atoms with Crippen LogP contribution < -0.4 is 5.32 Å². The summed E-state index contributed by atoms with van der Waals surface area (Å²) in [5.41, 5.74) is 1.08. The molecule has 0 fully saturated rings. The van der Waals surface area contributed by atoms with E-state index in [0.29, 0.717) is 16.0 Å². The van der Waals surface area contributed by atoms with Crippen molar-refractivity contribution in [2.45, 2.75) is 12.8 Å². The summed E-state index contributed by atoms with van der Waals surface area (Å²) < 4.78 is 4.96. The van der Waals surface area contributed by atoms with Gasteiger partial charge in [-0.25, -0.2) is 0 Å². The Morgan fingerprint density at radius 3 is 2.81 bits per heavy atom. The Morgan fingerprint density at radius 1 is 1.38 bits per heavy atom. The molecule has 0 amide bonds. The highest BCUT2D eigenvalue weighted by atomic mass is 35.5. The van der Waals surface area contributed by atoms with Gasteiger partial charge in [-0.1, -0.05) is 42.3 Å². The molecule has 1 unspecified atom stereocenters. The first-order valence-electron chi connectivity index (χ1n) is 5.30. The van der Waals surface area contributed by atoms with Crippen LogP contribution in [0.1, 0.15) is 18.4 Å². The predicted molar refractivity (Wildman–Crippen MR) is 69.6 cm³/mol. The fourth-order valence-electron chi connectivity index (χ4n) is 1.50. The number of rotatable bonds is 6. The summed E-state index contributed by atoms with van der Waals surface area (Å²) in [5.74, 6) is 0.336. The Balaban J connectivity index is 2.52. The fourth-order valence-corrected chi connectivity index (χ4v) is 2.00. The molecular formula is C12H17Cl2NO. The van der Waals surface area contributed by atoms with Gasteiger partial charge in [0, 0.05) is 20.2 Å². The van der Waals surface area contributed by atoms with Crippen molar-refractivity contribution in [2.24, 2.45) is 0 Å². The summed E-state index contributed by atoms with van der Waals surface area (Å²) in [6.45, 7) is 4.55. The number of hydrogen-bond acceptors (Lipinski definition) is 2. The van der Waals surface area contributed by atoms with Gasteiger partial charge < -0.3 is 10.1 Å². The molecule has 0 spiro atoms. The number of methoxy groups -OCH3 is 1. The molecule has 16 heavy (non-hydrogen) atoms. The van der Waals surface area contributed by atoms with Crippen LogP contribution >= 0.6 is 23.2 Å². The van der Waals surface area contributed by atoms with Crippen LogP contribution in [0.5, 0.6) is 0 Å². The smallest absolute Gasteiger partial charge is 0.0627 e. The zero-order valence-corrected chi connectivity index (χ0v) is 11.1. The van der Waals surface area contributed by atoms with Gasteiger partial charge in [-0.3, -0.25) is 0 Å². The molecule has 0 aliphatic rings. The topological polar surface area (TPSA) is 21.3 Å². The zero-order valence-electron chi connectivity index (χ0n) is 9.59. The van der Waals surface area contributed by atoms with Crippen molar-refractivity contribution < 1.29 is 4.74 Å². The molecule has 1 aromatic carbocycles. The minimum absolute atomic E-state index is 0.336. The lowest BCUT2D eigenvalue weighted by molar-refractivity contribution is 0.199. The predicted octanol–water partition coefficient (Wildman–Crippen LogP) is 3.33. The first kappa shape index (κ1) is 13.8. The second kappa shape index (κ2) is 7.13. The van der Waals surface area contributed by atoms with E-state index in [9.17, 15) is 0 Å². The van der Waals surface area contributed by atoms with E-state index in [1.807, 2.05) is 12.1 Å². The first-order valence-corrected chi connectivity index (χ1v) is 6.06. The van der Waals surface area contributed by atoms with E-state index in [1.54, 1.807) is 13.2 Å². The van der Waals surface area contributed by atoms with Crippen molar-refractivity contribution in [1.29, 1.82) is 0 Å². The summed E-state index contributed by atoms with van der Waals surface area (Å²) in [6, 6.07) is 5.74. The van der Waals surface area contributed by atoms with Crippen molar-refractivity contribution in [3.05, 3.63) is 33.8 Å². The van der Waals surface area contributed by atoms with Crippen molar-refractivity contribution in [3.8, 4) is 0 Å². The van der Waals surface area contributed by atoms with Crippen molar-refractivity contribution in [1.82, 2.24) is 5.32 Å². The molecule has 1 atom stereocenters. The van der Waals surface area contributed by atoms with E-state index in [1.165, 1.54) is 0 Å². The molecule has 0 aliphatic heterocycles. The van der Waals surface area contributed by atoms with Crippen LogP contribution in [0.25, 0.3) is 0 Å². The molecule has 0 radical (unpaired) electrons. The van der Waals surface area contributed by atoms with Gasteiger partial charge in [0.05, 0.1) is 16.7 Å². The van der Waals surface area contributed by atoms with Crippen LogP contribution in [0.2, 0.25) is 10.0 Å². The van der Waals surface area contributed by atoms with Crippen LogP contribution in [-0.2, 0) is 4.74 Å². The van der Waals surface area contributed by atoms with E-state index in [2.05, 4.69) is 12.2 Å². The van der Waals surface area contributed by atoms with Gasteiger partial charge in [0.25, 0.3) is 0 Å². The van der Waals surface area contributed by atoms with Crippen LogP contribution in [0, 0.1) is 0 Å². The SMILES string of the molecule is COCCNCC(C)c1cccc(Cl)c1Cl. The van der Waals surface area contributed by atoms with Crippen LogP contribution in [0.4, 0.5) is 0 Å². The summed E-state index contributed by atoms with van der Waals surface area (Å²) in [7, 11) is 1.69. The summed E-state index contributed by atoms with van der Waals surface area (Å²) >= 11 is 12.1. The van der Waals surface area contributed by atoms with Gasteiger partial charge in [0.15, 0.2) is 0 Å². The summed E-state index contributed by atoms with van der Waals surface area (Å²) in [6.07, 6.45) is 0. The Kier molecular flexibility index (Phi) is 6.14. The highest BCUT2D eigenvalue weighted by Crippen LogP contribution is 2.30. The molecule has 2 nitrogen and oxygen atoms in total. The summed E-state index contributed by atoms with van der Waals surface area (Å²) in [5, 5.41) is 4.58. The maximum Gasteiger partial charge on any atom is 0.0627 e. The molecule has 0 bridgehead atoms. The highest BCUT2D eigenvalue weighted by molar-refractivity contribution is 6.42. The number of nitrogens with one attached hydrogen (secondary N) is 1. The summed E-state index contributed by atoms with van der Waals surface area (Å²) in [4.78, 5) is 0. The average molecular weight is 262 g/mol. The molecule has 1 rings (SSSR count). The van der Waals surface area contributed by atoms with Crippen LogP contribution in [0.15, 0.2) is 18.2 Å². The van der Waals surface area contributed by atoms with Crippen molar-refractivity contribution >= 4 is 23.2 Å². The van der Waals surface area contributed by atoms with Gasteiger partial charge in [-0.2, -0.15) is 0 Å². The molecule has 0 aromatic heterocycles. The van der Waals surface area contributed by atoms with Gasteiger partial charge in [-0.05, 0) is 17.5 Å². The number of halogens is 2. The third kappa shape index (κ3) is 3.95. The monoisotopic (exact) mass is 261 g/mol. The van der Waals surface area contributed by atoms with Crippen LogP contribution in [-0.4, -0.2) is 26.8 Å². The third-order valence-corrected chi connectivity index (χ3v) is 3.28. The molecule has 0 saturated heterocycles. The molecule has 90 valence electrons. The largest absolute Gasteiger partial charge is 0.383 e. The Morgan fingerprint density at radius 2 is 2.12 bits per heavy atom. The normalized spacial score (nSPS) is 12.8. The van der Waals surface area contributed by atoms with E-state index in [4.69, 9.17) is 27.9 Å². The molecule has 1 N–H and O–H groups in total. The highest BCUT2D eigenvalue weighted by Gasteiger charge is 2.11. The van der Waals surface area contributed by atoms with E-state index < -0.39 is 0 Å². The minimum Gasteiger partial charge on any atom is -0.383 e. The quantitative estimate of drug-likeness (QED) is 0.794. The Labute approximate surface area is 107 Å². The van der Waals surface area contributed by atoms with Gasteiger partial charge in [-0.15, -0.1) is 0 Å². The molecule has 0 aliphatic carbocycles. The first-order chi connectivity index (χ1) is 7.66. The lowest BCUT2D eigenvalue weighted by atomic mass is 10.0. The average Bonchev–Trinajstić information content (AvgIpc) is 2.28. The maximum atomic E-state index is 6.14. The zero-order chi connectivity index (χ0) is 12.0. The molecule has 4 heteroatoms. The fraction of sp³-hybridized carbons (Fsp3) is 0.500. The third-order valence-electron chi connectivity index (χ3n) is 2.45. The molecular weight excluding hydrogens is 245 g/mol. The van der Waals surface area contributed by atoms with E-state index in [0.717, 1.165) is 25.3 Å². The van der Waals surface area contributed by atoms with Crippen molar-refractivity contribution in [3.63, 3.8) is 0 Å². The van der Waals surface area contributed by atoms with E-state index in [-0.39, 0.29) is 0 Å². The lowest BCUT2D eigenvalue weighted by Crippen LogP contribution is -2.24. The second-order valence-electron chi connectivity index (χ2n) is 3.74. The maximum absolute atomic E-state index is 6.14. The molecule has 1 aromatic rings. The van der Waals surface area contributed by atoms with Gasteiger partial charge in [0.2, 0.25) is 0 Å². The second-order valence-corrected chi connectivity index (χ2v) is 4.53. The lowest BCUT2D eigenvalue weighted by Gasteiger charge is -2.15. The van der Waals surface area contributed by atoms with Crippen molar-refractivity contribution in [2.75, 3.05) is 26.8 Å². The Bertz CT molecular complexity index is 331. The number of hydrogen-bond donors (Lipinski definition) is 1. The van der Waals surface area contributed by atoms with Crippen LogP contribution in [0.3, 0.4) is 0 Å². The number of benzene rings is 1. The van der Waals surface area contributed by atoms with Gasteiger partial charge in [0.1, 0.15) is 0 Å². The molecule has 0 heterocycles. The standard InChI is InChI=1S/C12H17Cl2NO/c1-9(8-15-6-7-16-2)10-4-3-5-11(13)12(10)14/h3-5,9,15H,6-8H2,1-2H3. The number of ether oxygens (including phenoxy) is 1. The Hall–Kier alpha value is -0.280.